The maximum atomic E-state index is 12.3. The lowest BCUT2D eigenvalue weighted by Gasteiger charge is -2.14. The second-order valence-corrected chi connectivity index (χ2v) is 6.48. The van der Waals surface area contributed by atoms with E-state index >= 15 is 0 Å². The highest BCUT2D eigenvalue weighted by molar-refractivity contribution is 6.53. The van der Waals surface area contributed by atoms with Crippen molar-refractivity contribution in [2.24, 2.45) is 5.41 Å². The zero-order chi connectivity index (χ0) is 14.4. The van der Waals surface area contributed by atoms with Gasteiger partial charge in [0.25, 0.3) is 0 Å². The van der Waals surface area contributed by atoms with Gasteiger partial charge in [-0.3, -0.25) is 4.79 Å². The Balaban J connectivity index is 1.88. The van der Waals surface area contributed by atoms with Gasteiger partial charge in [-0.1, -0.05) is 0 Å². The van der Waals surface area contributed by atoms with Gasteiger partial charge < -0.3 is 5.32 Å². The van der Waals surface area contributed by atoms with Crippen molar-refractivity contribution in [3.05, 3.63) is 36.8 Å². The summed E-state index contributed by atoms with van der Waals surface area (Å²) in [6.45, 7) is 1.74. The Labute approximate surface area is 125 Å². The minimum Gasteiger partial charge on any atom is -0.322 e. The van der Waals surface area contributed by atoms with E-state index in [9.17, 15) is 4.79 Å². The maximum absolute atomic E-state index is 12.3. The van der Waals surface area contributed by atoms with E-state index in [1.807, 2.05) is 0 Å². The number of hydrogen-bond donors (Lipinski definition) is 1. The number of carbonyl (C=O) groups is 1. The molecule has 2 heterocycles. The van der Waals surface area contributed by atoms with Crippen LogP contribution in [0, 0.1) is 5.41 Å². The smallest absolute Gasteiger partial charge is 0.233 e. The van der Waals surface area contributed by atoms with Gasteiger partial charge in [0, 0.05) is 18.6 Å². The fourth-order valence-electron chi connectivity index (χ4n) is 1.98. The molecule has 0 aromatic carbocycles. The molecule has 5 nitrogen and oxygen atoms in total. The van der Waals surface area contributed by atoms with E-state index in [-0.39, 0.29) is 5.91 Å². The molecule has 0 radical (unpaired) electrons. The third kappa shape index (κ3) is 2.07. The molecule has 0 bridgehead atoms. The van der Waals surface area contributed by atoms with Crippen LogP contribution in [0.15, 0.2) is 36.8 Å². The van der Waals surface area contributed by atoms with Crippen LogP contribution in [0.3, 0.4) is 0 Å². The minimum absolute atomic E-state index is 0.219. The highest BCUT2D eigenvalue weighted by Crippen LogP contribution is 2.64. The summed E-state index contributed by atoms with van der Waals surface area (Å²) >= 11 is 12.0. The zero-order valence-corrected chi connectivity index (χ0v) is 12.2. The molecule has 0 spiro atoms. The number of pyridine rings is 1. The molecule has 3 rings (SSSR count). The summed E-state index contributed by atoms with van der Waals surface area (Å²) in [5, 5.41) is 6.94. The number of rotatable bonds is 3. The minimum atomic E-state index is -0.995. The number of nitrogens with one attached hydrogen (secondary N) is 1. The number of alkyl halides is 2. The van der Waals surface area contributed by atoms with Crippen molar-refractivity contribution in [2.45, 2.75) is 17.7 Å². The van der Waals surface area contributed by atoms with Crippen molar-refractivity contribution in [3.8, 4) is 5.82 Å². The summed E-state index contributed by atoms with van der Waals surface area (Å²) in [6.07, 6.45) is 5.47. The van der Waals surface area contributed by atoms with E-state index in [4.69, 9.17) is 23.2 Å². The van der Waals surface area contributed by atoms with Gasteiger partial charge in [-0.25, -0.2) is 9.67 Å². The van der Waals surface area contributed by atoms with Gasteiger partial charge in [-0.2, -0.15) is 5.10 Å². The fourth-order valence-corrected chi connectivity index (χ4v) is 2.68. The zero-order valence-electron chi connectivity index (χ0n) is 10.7. The quantitative estimate of drug-likeness (QED) is 0.887. The molecule has 1 amide bonds. The predicted molar refractivity (Wildman–Crippen MR) is 77.1 cm³/mol. The molecule has 1 aliphatic carbocycles. The van der Waals surface area contributed by atoms with Crippen LogP contribution in [0.5, 0.6) is 0 Å². The van der Waals surface area contributed by atoms with E-state index in [1.165, 1.54) is 0 Å². The number of aromatic nitrogens is 3. The topological polar surface area (TPSA) is 59.8 Å². The molecular weight excluding hydrogens is 299 g/mol. The van der Waals surface area contributed by atoms with Crippen LogP contribution >= 0.6 is 23.2 Å². The second-order valence-electron chi connectivity index (χ2n) is 4.99. The Hall–Kier alpha value is -1.59. The first-order chi connectivity index (χ1) is 9.44. The van der Waals surface area contributed by atoms with E-state index in [0.29, 0.717) is 17.9 Å². The first-order valence-electron chi connectivity index (χ1n) is 6.08. The number of amides is 1. The standard InChI is InChI=1S/C13H12Cl2N4O/c1-12(8-13(12,14)15)11(20)18-9-4-2-5-16-10(9)19-7-3-6-17-19/h2-7H,8H2,1H3,(H,18,20). The maximum Gasteiger partial charge on any atom is 0.233 e. The number of nitrogens with zero attached hydrogens (tertiary/aromatic N) is 3. The highest BCUT2D eigenvalue weighted by Gasteiger charge is 2.67. The first kappa shape index (κ1) is 13.4. The normalized spacial score (nSPS) is 23.4. The molecule has 1 saturated carbocycles. The van der Waals surface area contributed by atoms with Gasteiger partial charge >= 0.3 is 0 Å². The van der Waals surface area contributed by atoms with Crippen LogP contribution < -0.4 is 5.32 Å². The Kier molecular flexibility index (Phi) is 2.99. The SMILES string of the molecule is CC1(C(=O)Nc2cccnc2-n2cccn2)CC1(Cl)Cl. The number of anilines is 1. The number of halogens is 2. The third-order valence-corrected chi connectivity index (χ3v) is 4.62. The summed E-state index contributed by atoms with van der Waals surface area (Å²) in [4.78, 5) is 16.5. The molecule has 2 aromatic heterocycles. The predicted octanol–water partition coefficient (Wildman–Crippen LogP) is 2.79. The first-order valence-corrected chi connectivity index (χ1v) is 6.84. The molecule has 104 valence electrons. The Bertz CT molecular complexity index is 656. The van der Waals surface area contributed by atoms with Crippen molar-refractivity contribution in [2.75, 3.05) is 5.32 Å². The van der Waals surface area contributed by atoms with Gasteiger partial charge in [0.2, 0.25) is 5.91 Å². The van der Waals surface area contributed by atoms with Crippen molar-refractivity contribution in [1.29, 1.82) is 0 Å². The monoisotopic (exact) mass is 310 g/mol. The highest BCUT2D eigenvalue weighted by atomic mass is 35.5. The largest absolute Gasteiger partial charge is 0.322 e. The van der Waals surface area contributed by atoms with Crippen molar-refractivity contribution < 1.29 is 4.79 Å². The van der Waals surface area contributed by atoms with Crippen LogP contribution in [-0.4, -0.2) is 25.0 Å². The summed E-state index contributed by atoms with van der Waals surface area (Å²) < 4.78 is 0.588. The molecule has 7 heteroatoms. The van der Waals surface area contributed by atoms with Crippen molar-refractivity contribution >= 4 is 34.8 Å². The van der Waals surface area contributed by atoms with Crippen molar-refractivity contribution in [1.82, 2.24) is 14.8 Å². The molecule has 1 unspecified atom stereocenters. The molecule has 1 aliphatic rings. The van der Waals surface area contributed by atoms with Crippen LogP contribution in [-0.2, 0) is 4.79 Å². The van der Waals surface area contributed by atoms with Crippen molar-refractivity contribution in [3.63, 3.8) is 0 Å². The average Bonchev–Trinajstić information content (AvgIpc) is 2.82. The van der Waals surface area contributed by atoms with E-state index in [1.54, 1.807) is 48.4 Å². The van der Waals surface area contributed by atoms with E-state index in [0.717, 1.165) is 0 Å². The van der Waals surface area contributed by atoms with Gasteiger partial charge in [0.15, 0.2) is 5.82 Å². The van der Waals surface area contributed by atoms with Gasteiger partial charge in [-0.05, 0) is 31.5 Å². The van der Waals surface area contributed by atoms with Gasteiger partial charge in [0.05, 0.1) is 11.1 Å². The summed E-state index contributed by atoms with van der Waals surface area (Å²) in [6, 6.07) is 5.29. The third-order valence-electron chi connectivity index (χ3n) is 3.52. The average molecular weight is 311 g/mol. The molecular formula is C13H12Cl2N4O. The van der Waals surface area contributed by atoms with Crippen LogP contribution in [0.25, 0.3) is 5.82 Å². The molecule has 1 fully saturated rings. The van der Waals surface area contributed by atoms with Crippen LogP contribution in [0.4, 0.5) is 5.69 Å². The number of hydrogen-bond acceptors (Lipinski definition) is 3. The fraction of sp³-hybridized carbons (Fsp3) is 0.308. The molecule has 2 aromatic rings. The lowest BCUT2D eigenvalue weighted by Crippen LogP contribution is -2.26. The number of carbonyl (C=O) groups excluding carboxylic acids is 1. The Morgan fingerprint density at radius 2 is 2.15 bits per heavy atom. The van der Waals surface area contributed by atoms with E-state index < -0.39 is 9.75 Å². The van der Waals surface area contributed by atoms with Crippen LogP contribution in [0.1, 0.15) is 13.3 Å². The molecule has 1 N–H and O–H groups in total. The van der Waals surface area contributed by atoms with Crippen LogP contribution in [0.2, 0.25) is 0 Å². The molecule has 0 aliphatic heterocycles. The van der Waals surface area contributed by atoms with Gasteiger partial charge in [-0.15, -0.1) is 23.2 Å². The second kappa shape index (κ2) is 4.46. The Morgan fingerprint density at radius 3 is 2.75 bits per heavy atom. The van der Waals surface area contributed by atoms with E-state index in [2.05, 4.69) is 15.4 Å². The molecule has 20 heavy (non-hydrogen) atoms. The van der Waals surface area contributed by atoms with Gasteiger partial charge in [0.1, 0.15) is 4.33 Å². The Morgan fingerprint density at radius 1 is 1.40 bits per heavy atom. The molecule has 1 atom stereocenters. The summed E-state index contributed by atoms with van der Waals surface area (Å²) in [5.74, 6) is 0.328. The lowest BCUT2D eigenvalue weighted by atomic mass is 10.1. The molecule has 0 saturated heterocycles. The summed E-state index contributed by atoms with van der Waals surface area (Å²) in [5.41, 5.74) is -0.202. The lowest BCUT2D eigenvalue weighted by molar-refractivity contribution is -0.120. The summed E-state index contributed by atoms with van der Waals surface area (Å²) in [7, 11) is 0.